The molecular formula is C15H22BrNO2. The zero-order valence-corrected chi connectivity index (χ0v) is 13.2. The second kappa shape index (κ2) is 7.27. The van der Waals surface area contributed by atoms with Gasteiger partial charge in [0.05, 0.1) is 19.8 Å². The van der Waals surface area contributed by atoms with Crippen LogP contribution >= 0.6 is 15.9 Å². The van der Waals surface area contributed by atoms with Gasteiger partial charge in [0.25, 0.3) is 0 Å². The summed E-state index contributed by atoms with van der Waals surface area (Å²) < 4.78 is 12.4. The summed E-state index contributed by atoms with van der Waals surface area (Å²) in [6.45, 7) is 0.626. The second-order valence-electron chi connectivity index (χ2n) is 4.99. The van der Waals surface area contributed by atoms with Crippen molar-refractivity contribution in [3.8, 4) is 5.75 Å². The van der Waals surface area contributed by atoms with Crippen molar-refractivity contribution in [3.63, 3.8) is 0 Å². The molecule has 0 radical (unpaired) electrons. The lowest BCUT2D eigenvalue weighted by atomic mass is 9.92. The third-order valence-corrected chi connectivity index (χ3v) is 4.55. The van der Waals surface area contributed by atoms with E-state index in [1.807, 2.05) is 25.2 Å². The molecule has 19 heavy (non-hydrogen) atoms. The Balaban J connectivity index is 1.97. The lowest BCUT2D eigenvalue weighted by Gasteiger charge is -2.31. The maximum absolute atomic E-state index is 6.10. The molecule has 1 N–H and O–H groups in total. The first-order valence-corrected chi connectivity index (χ1v) is 7.65. The normalized spacial score (nSPS) is 23.3. The number of halogens is 1. The van der Waals surface area contributed by atoms with Gasteiger partial charge in [0.2, 0.25) is 0 Å². The lowest BCUT2D eigenvalue weighted by Crippen LogP contribution is -2.41. The molecule has 1 aromatic carbocycles. The maximum Gasteiger partial charge on any atom is 0.119 e. The van der Waals surface area contributed by atoms with Crippen LogP contribution in [-0.2, 0) is 11.3 Å². The van der Waals surface area contributed by atoms with Gasteiger partial charge in [-0.25, -0.2) is 0 Å². The average Bonchev–Trinajstić information content (AvgIpc) is 2.46. The predicted octanol–water partition coefficient (Wildman–Crippen LogP) is 3.50. The quantitative estimate of drug-likeness (QED) is 0.897. The topological polar surface area (TPSA) is 30.5 Å². The first-order valence-electron chi connectivity index (χ1n) is 6.86. The highest BCUT2D eigenvalue weighted by atomic mass is 79.9. The van der Waals surface area contributed by atoms with Gasteiger partial charge in [-0.15, -0.1) is 0 Å². The van der Waals surface area contributed by atoms with Gasteiger partial charge in [-0.05, 0) is 43.7 Å². The van der Waals surface area contributed by atoms with Crippen molar-refractivity contribution in [2.45, 2.75) is 44.4 Å². The molecule has 0 aromatic heterocycles. The molecule has 2 atom stereocenters. The number of ether oxygens (including phenoxy) is 2. The standard InChI is InChI=1S/C15H22BrNO2/c1-17-14-5-3-4-6-15(14)19-10-11-9-12(18-2)7-8-13(11)16/h7-9,14-15,17H,3-6,10H2,1-2H3. The van der Waals surface area contributed by atoms with E-state index in [1.54, 1.807) is 7.11 Å². The van der Waals surface area contributed by atoms with Crippen LogP contribution in [0.15, 0.2) is 22.7 Å². The molecule has 0 saturated heterocycles. The van der Waals surface area contributed by atoms with Gasteiger partial charge in [0, 0.05) is 10.5 Å². The minimum absolute atomic E-state index is 0.317. The van der Waals surface area contributed by atoms with Crippen LogP contribution in [0, 0.1) is 0 Å². The Morgan fingerprint density at radius 2 is 2.11 bits per heavy atom. The smallest absolute Gasteiger partial charge is 0.119 e. The Kier molecular flexibility index (Phi) is 5.67. The van der Waals surface area contributed by atoms with Gasteiger partial charge in [-0.1, -0.05) is 28.8 Å². The van der Waals surface area contributed by atoms with E-state index < -0.39 is 0 Å². The molecule has 1 fully saturated rings. The van der Waals surface area contributed by atoms with Crippen molar-refractivity contribution in [1.29, 1.82) is 0 Å². The van der Waals surface area contributed by atoms with Crippen molar-refractivity contribution < 1.29 is 9.47 Å². The minimum atomic E-state index is 0.317. The van der Waals surface area contributed by atoms with Crippen LogP contribution in [-0.4, -0.2) is 26.3 Å². The largest absolute Gasteiger partial charge is 0.497 e. The van der Waals surface area contributed by atoms with Crippen LogP contribution in [0.4, 0.5) is 0 Å². The van der Waals surface area contributed by atoms with E-state index in [2.05, 4.69) is 21.2 Å². The summed E-state index contributed by atoms with van der Waals surface area (Å²) in [5, 5.41) is 3.37. The molecule has 2 unspecified atom stereocenters. The van der Waals surface area contributed by atoms with Crippen LogP contribution in [0.5, 0.6) is 5.75 Å². The Labute approximate surface area is 123 Å². The molecular weight excluding hydrogens is 306 g/mol. The number of nitrogens with one attached hydrogen (secondary N) is 1. The summed E-state index contributed by atoms with van der Waals surface area (Å²) in [7, 11) is 3.71. The fraction of sp³-hybridized carbons (Fsp3) is 0.600. The molecule has 1 aromatic rings. The highest BCUT2D eigenvalue weighted by Gasteiger charge is 2.24. The van der Waals surface area contributed by atoms with Gasteiger partial charge < -0.3 is 14.8 Å². The van der Waals surface area contributed by atoms with Crippen molar-refractivity contribution in [3.05, 3.63) is 28.2 Å². The van der Waals surface area contributed by atoms with Gasteiger partial charge in [0.15, 0.2) is 0 Å². The van der Waals surface area contributed by atoms with E-state index in [0.717, 1.165) is 22.2 Å². The molecule has 4 heteroatoms. The van der Waals surface area contributed by atoms with Crippen molar-refractivity contribution >= 4 is 15.9 Å². The first kappa shape index (κ1) is 14.8. The van der Waals surface area contributed by atoms with Crippen LogP contribution in [0.3, 0.4) is 0 Å². The van der Waals surface area contributed by atoms with E-state index >= 15 is 0 Å². The van der Waals surface area contributed by atoms with Crippen LogP contribution in [0.25, 0.3) is 0 Å². The zero-order valence-electron chi connectivity index (χ0n) is 11.6. The number of rotatable bonds is 5. The van der Waals surface area contributed by atoms with Gasteiger partial charge in [0.1, 0.15) is 5.75 Å². The number of hydrogen-bond acceptors (Lipinski definition) is 3. The maximum atomic E-state index is 6.10. The fourth-order valence-corrected chi connectivity index (χ4v) is 2.97. The zero-order chi connectivity index (χ0) is 13.7. The number of hydrogen-bond donors (Lipinski definition) is 1. The predicted molar refractivity (Wildman–Crippen MR) is 80.6 cm³/mol. The highest BCUT2D eigenvalue weighted by molar-refractivity contribution is 9.10. The fourth-order valence-electron chi connectivity index (χ4n) is 2.61. The van der Waals surface area contributed by atoms with Crippen LogP contribution < -0.4 is 10.1 Å². The van der Waals surface area contributed by atoms with Gasteiger partial charge in [-0.2, -0.15) is 0 Å². The molecule has 0 amide bonds. The highest BCUT2D eigenvalue weighted by Crippen LogP contribution is 2.26. The van der Waals surface area contributed by atoms with Gasteiger partial charge >= 0.3 is 0 Å². The van der Waals surface area contributed by atoms with Crippen LogP contribution in [0.1, 0.15) is 31.2 Å². The molecule has 3 nitrogen and oxygen atoms in total. The van der Waals surface area contributed by atoms with E-state index in [9.17, 15) is 0 Å². The molecule has 2 rings (SSSR count). The molecule has 1 saturated carbocycles. The molecule has 1 aliphatic carbocycles. The Morgan fingerprint density at radius 1 is 1.32 bits per heavy atom. The molecule has 106 valence electrons. The van der Waals surface area contributed by atoms with Crippen molar-refractivity contribution in [1.82, 2.24) is 5.32 Å². The summed E-state index contributed by atoms with van der Waals surface area (Å²) in [6.07, 6.45) is 5.24. The van der Waals surface area contributed by atoms with Crippen LogP contribution in [0.2, 0.25) is 0 Å². The van der Waals surface area contributed by atoms with Crippen molar-refractivity contribution in [2.24, 2.45) is 0 Å². The molecule has 0 spiro atoms. The summed E-state index contributed by atoms with van der Waals surface area (Å²) in [5.41, 5.74) is 1.14. The molecule has 0 bridgehead atoms. The Morgan fingerprint density at radius 3 is 2.84 bits per heavy atom. The first-order chi connectivity index (χ1) is 9.24. The Bertz CT molecular complexity index is 411. The van der Waals surface area contributed by atoms with Gasteiger partial charge in [-0.3, -0.25) is 0 Å². The van der Waals surface area contributed by atoms with E-state index in [0.29, 0.717) is 18.8 Å². The van der Waals surface area contributed by atoms with E-state index in [4.69, 9.17) is 9.47 Å². The second-order valence-corrected chi connectivity index (χ2v) is 5.84. The summed E-state index contributed by atoms with van der Waals surface area (Å²) in [4.78, 5) is 0. The van der Waals surface area contributed by atoms with E-state index in [-0.39, 0.29) is 0 Å². The third kappa shape index (κ3) is 3.94. The van der Waals surface area contributed by atoms with E-state index in [1.165, 1.54) is 19.3 Å². The molecule has 1 aliphatic rings. The minimum Gasteiger partial charge on any atom is -0.497 e. The monoisotopic (exact) mass is 327 g/mol. The number of benzene rings is 1. The Hall–Kier alpha value is -0.580. The molecule has 0 aliphatic heterocycles. The van der Waals surface area contributed by atoms with Crippen molar-refractivity contribution in [2.75, 3.05) is 14.2 Å². The summed E-state index contributed by atoms with van der Waals surface area (Å²) in [5.74, 6) is 0.871. The molecule has 0 heterocycles. The SMILES string of the molecule is CNC1CCCCC1OCc1cc(OC)ccc1Br. The average molecular weight is 328 g/mol. The number of methoxy groups -OCH3 is 1. The number of likely N-dealkylation sites (N-methyl/N-ethyl adjacent to an activating group) is 1. The lowest BCUT2D eigenvalue weighted by molar-refractivity contribution is -0.00389. The summed E-state index contributed by atoms with van der Waals surface area (Å²) in [6, 6.07) is 6.47. The third-order valence-electron chi connectivity index (χ3n) is 3.78. The summed E-state index contributed by atoms with van der Waals surface area (Å²) >= 11 is 3.57.